The standard InChI is InChI=1S/C11H18N2O/c1-4-13(5-2)11-7-6-10(8-14)9(3)12-11/h6-7,14H,4-5,8H2,1-3H3. The molecule has 1 heterocycles. The van der Waals surface area contributed by atoms with Gasteiger partial charge in [0.05, 0.1) is 6.61 Å². The quantitative estimate of drug-likeness (QED) is 0.793. The maximum atomic E-state index is 9.01. The van der Waals surface area contributed by atoms with Crippen LogP contribution >= 0.6 is 0 Å². The Kier molecular flexibility index (Phi) is 3.89. The van der Waals surface area contributed by atoms with Crippen molar-refractivity contribution in [1.29, 1.82) is 0 Å². The number of aromatic nitrogens is 1. The first kappa shape index (κ1) is 11.0. The van der Waals surface area contributed by atoms with Gasteiger partial charge in [0.15, 0.2) is 0 Å². The molecular weight excluding hydrogens is 176 g/mol. The fourth-order valence-electron chi connectivity index (χ4n) is 1.47. The molecule has 0 spiro atoms. The molecule has 0 radical (unpaired) electrons. The average Bonchev–Trinajstić information content (AvgIpc) is 2.20. The molecule has 0 aliphatic carbocycles. The summed E-state index contributed by atoms with van der Waals surface area (Å²) in [5, 5.41) is 9.01. The van der Waals surface area contributed by atoms with Gasteiger partial charge in [-0.05, 0) is 32.4 Å². The van der Waals surface area contributed by atoms with Gasteiger partial charge in [0, 0.05) is 18.8 Å². The van der Waals surface area contributed by atoms with E-state index in [9.17, 15) is 0 Å². The number of anilines is 1. The van der Waals surface area contributed by atoms with E-state index in [0.29, 0.717) is 0 Å². The van der Waals surface area contributed by atoms with Gasteiger partial charge in [0.2, 0.25) is 0 Å². The van der Waals surface area contributed by atoms with Gasteiger partial charge in [-0.3, -0.25) is 0 Å². The molecule has 14 heavy (non-hydrogen) atoms. The molecular formula is C11H18N2O. The first-order valence-electron chi connectivity index (χ1n) is 5.05. The number of aliphatic hydroxyl groups excluding tert-OH is 1. The Morgan fingerprint density at radius 3 is 2.36 bits per heavy atom. The topological polar surface area (TPSA) is 36.4 Å². The van der Waals surface area contributed by atoms with Gasteiger partial charge >= 0.3 is 0 Å². The molecule has 0 amide bonds. The van der Waals surface area contributed by atoms with Gasteiger partial charge in [-0.25, -0.2) is 4.98 Å². The second-order valence-electron chi connectivity index (χ2n) is 3.24. The van der Waals surface area contributed by atoms with E-state index in [1.807, 2.05) is 19.1 Å². The highest BCUT2D eigenvalue weighted by Gasteiger charge is 2.05. The molecule has 3 nitrogen and oxygen atoms in total. The van der Waals surface area contributed by atoms with Crippen LogP contribution in [0.25, 0.3) is 0 Å². The van der Waals surface area contributed by atoms with Crippen molar-refractivity contribution in [3.8, 4) is 0 Å². The van der Waals surface area contributed by atoms with Crippen LogP contribution in [0.2, 0.25) is 0 Å². The summed E-state index contributed by atoms with van der Waals surface area (Å²) in [7, 11) is 0. The van der Waals surface area contributed by atoms with Gasteiger partial charge in [0.1, 0.15) is 5.82 Å². The minimum Gasteiger partial charge on any atom is -0.392 e. The molecule has 0 aliphatic heterocycles. The van der Waals surface area contributed by atoms with Crippen LogP contribution in [0.15, 0.2) is 12.1 Å². The molecule has 78 valence electrons. The van der Waals surface area contributed by atoms with E-state index in [4.69, 9.17) is 5.11 Å². The summed E-state index contributed by atoms with van der Waals surface area (Å²) >= 11 is 0. The third kappa shape index (κ3) is 2.23. The summed E-state index contributed by atoms with van der Waals surface area (Å²) < 4.78 is 0. The molecule has 1 aromatic heterocycles. The number of rotatable bonds is 4. The monoisotopic (exact) mass is 194 g/mol. The lowest BCUT2D eigenvalue weighted by atomic mass is 10.2. The fraction of sp³-hybridized carbons (Fsp3) is 0.545. The van der Waals surface area contributed by atoms with Gasteiger partial charge in [-0.2, -0.15) is 0 Å². The summed E-state index contributed by atoms with van der Waals surface area (Å²) in [6, 6.07) is 3.90. The molecule has 0 aliphatic rings. The van der Waals surface area contributed by atoms with E-state index in [1.54, 1.807) is 0 Å². The Balaban J connectivity index is 2.95. The van der Waals surface area contributed by atoms with Crippen LogP contribution in [0, 0.1) is 6.92 Å². The minimum atomic E-state index is 0.0668. The van der Waals surface area contributed by atoms with Crippen molar-refractivity contribution in [2.45, 2.75) is 27.4 Å². The summed E-state index contributed by atoms with van der Waals surface area (Å²) in [5.41, 5.74) is 1.82. The highest BCUT2D eigenvalue weighted by atomic mass is 16.3. The summed E-state index contributed by atoms with van der Waals surface area (Å²) in [6.07, 6.45) is 0. The Morgan fingerprint density at radius 1 is 1.29 bits per heavy atom. The lowest BCUT2D eigenvalue weighted by molar-refractivity contribution is 0.280. The Hall–Kier alpha value is -1.09. The fourth-order valence-corrected chi connectivity index (χ4v) is 1.47. The van der Waals surface area contributed by atoms with E-state index in [2.05, 4.69) is 23.7 Å². The Labute approximate surface area is 85.4 Å². The zero-order valence-corrected chi connectivity index (χ0v) is 9.12. The maximum absolute atomic E-state index is 9.01. The zero-order valence-electron chi connectivity index (χ0n) is 9.12. The molecule has 1 rings (SSSR count). The predicted molar refractivity (Wildman–Crippen MR) is 58.5 cm³/mol. The maximum Gasteiger partial charge on any atom is 0.128 e. The first-order valence-corrected chi connectivity index (χ1v) is 5.05. The molecule has 3 heteroatoms. The van der Waals surface area contributed by atoms with Crippen LogP contribution < -0.4 is 4.90 Å². The van der Waals surface area contributed by atoms with Crippen LogP contribution in [-0.2, 0) is 6.61 Å². The van der Waals surface area contributed by atoms with Gasteiger partial charge in [-0.1, -0.05) is 6.07 Å². The van der Waals surface area contributed by atoms with Crippen LogP contribution in [0.5, 0.6) is 0 Å². The number of hydrogen-bond acceptors (Lipinski definition) is 3. The molecule has 0 fully saturated rings. The van der Waals surface area contributed by atoms with E-state index >= 15 is 0 Å². The van der Waals surface area contributed by atoms with Crippen molar-refractivity contribution in [1.82, 2.24) is 4.98 Å². The van der Waals surface area contributed by atoms with Crippen molar-refractivity contribution < 1.29 is 5.11 Å². The molecule has 1 aromatic rings. The molecule has 0 aromatic carbocycles. The Morgan fingerprint density at radius 2 is 1.93 bits per heavy atom. The van der Waals surface area contributed by atoms with Crippen molar-refractivity contribution in [3.63, 3.8) is 0 Å². The first-order chi connectivity index (χ1) is 6.72. The summed E-state index contributed by atoms with van der Waals surface area (Å²) in [6.45, 7) is 8.14. The zero-order chi connectivity index (χ0) is 10.6. The molecule has 0 saturated heterocycles. The number of pyridine rings is 1. The van der Waals surface area contributed by atoms with E-state index in [1.165, 1.54) is 0 Å². The third-order valence-corrected chi connectivity index (χ3v) is 2.44. The summed E-state index contributed by atoms with van der Waals surface area (Å²) in [4.78, 5) is 6.64. The van der Waals surface area contributed by atoms with E-state index in [0.717, 1.165) is 30.2 Å². The SMILES string of the molecule is CCN(CC)c1ccc(CO)c(C)n1. The second-order valence-corrected chi connectivity index (χ2v) is 3.24. The predicted octanol–water partition coefficient (Wildman–Crippen LogP) is 1.73. The van der Waals surface area contributed by atoms with Crippen molar-refractivity contribution in [2.24, 2.45) is 0 Å². The van der Waals surface area contributed by atoms with Crippen LogP contribution in [0.1, 0.15) is 25.1 Å². The average molecular weight is 194 g/mol. The largest absolute Gasteiger partial charge is 0.392 e. The Bertz CT molecular complexity index is 295. The number of hydrogen-bond donors (Lipinski definition) is 1. The molecule has 0 atom stereocenters. The normalized spacial score (nSPS) is 10.3. The lowest BCUT2D eigenvalue weighted by Gasteiger charge is -2.20. The highest BCUT2D eigenvalue weighted by molar-refractivity contribution is 5.41. The van der Waals surface area contributed by atoms with Crippen molar-refractivity contribution in [2.75, 3.05) is 18.0 Å². The molecule has 1 N–H and O–H groups in total. The van der Waals surface area contributed by atoms with Crippen LogP contribution in [0.4, 0.5) is 5.82 Å². The van der Waals surface area contributed by atoms with Gasteiger partial charge < -0.3 is 10.0 Å². The van der Waals surface area contributed by atoms with Crippen molar-refractivity contribution in [3.05, 3.63) is 23.4 Å². The summed E-state index contributed by atoms with van der Waals surface area (Å²) in [5.74, 6) is 0.990. The number of aryl methyl sites for hydroxylation is 1. The third-order valence-electron chi connectivity index (χ3n) is 2.44. The lowest BCUT2D eigenvalue weighted by Crippen LogP contribution is -2.23. The number of aliphatic hydroxyl groups is 1. The second kappa shape index (κ2) is 4.96. The molecule has 0 saturated carbocycles. The smallest absolute Gasteiger partial charge is 0.128 e. The highest BCUT2D eigenvalue weighted by Crippen LogP contribution is 2.14. The van der Waals surface area contributed by atoms with Crippen LogP contribution in [0.3, 0.4) is 0 Å². The van der Waals surface area contributed by atoms with E-state index in [-0.39, 0.29) is 6.61 Å². The minimum absolute atomic E-state index is 0.0668. The van der Waals surface area contributed by atoms with Crippen molar-refractivity contribution >= 4 is 5.82 Å². The molecule has 0 unspecified atom stereocenters. The van der Waals surface area contributed by atoms with E-state index < -0.39 is 0 Å². The number of nitrogens with zero attached hydrogens (tertiary/aromatic N) is 2. The van der Waals surface area contributed by atoms with Gasteiger partial charge in [-0.15, -0.1) is 0 Å². The molecule has 0 bridgehead atoms. The van der Waals surface area contributed by atoms with Gasteiger partial charge in [0.25, 0.3) is 0 Å². The van der Waals surface area contributed by atoms with Crippen LogP contribution in [-0.4, -0.2) is 23.2 Å².